The third-order valence-electron chi connectivity index (χ3n) is 12.4. The number of rotatable bonds is 10. The first-order valence-electron chi connectivity index (χ1n) is 22.3. The van der Waals surface area contributed by atoms with Gasteiger partial charge in [0, 0.05) is 32.8 Å². The van der Waals surface area contributed by atoms with Gasteiger partial charge in [0.05, 0.1) is 9.20 Å². The number of benzene rings is 8. The van der Waals surface area contributed by atoms with Crippen LogP contribution in [0.25, 0.3) is 88.9 Å². The molecular formula is C59H41IN4O2. The molecule has 4 heterocycles. The lowest BCUT2D eigenvalue weighted by Gasteiger charge is -2.15. The smallest absolute Gasteiger partial charge is 0.180 e. The van der Waals surface area contributed by atoms with Crippen molar-refractivity contribution in [1.29, 1.82) is 0 Å². The molecule has 0 unspecified atom stereocenters. The maximum atomic E-state index is 6.83. The molecule has 0 atom stereocenters. The maximum Gasteiger partial charge on any atom is 0.180 e. The average Bonchev–Trinajstić information content (AvgIpc) is 3.95. The summed E-state index contributed by atoms with van der Waals surface area (Å²) < 4.78 is 15.6. The molecule has 1 aliphatic heterocycles. The normalized spacial score (nSPS) is 12.9. The van der Waals surface area contributed by atoms with Crippen LogP contribution in [0.1, 0.15) is 35.1 Å². The number of aryl methyl sites for hydroxylation is 2. The highest BCUT2D eigenvalue weighted by molar-refractivity contribution is 14.2. The van der Waals surface area contributed by atoms with Gasteiger partial charge in [-0.2, -0.15) is 0 Å². The fourth-order valence-electron chi connectivity index (χ4n) is 9.07. The van der Waals surface area contributed by atoms with Gasteiger partial charge in [0.2, 0.25) is 0 Å². The Morgan fingerprint density at radius 2 is 1.14 bits per heavy atom. The first-order valence-corrected chi connectivity index (χ1v) is 24.5. The lowest BCUT2D eigenvalue weighted by molar-refractivity contribution is 0.666. The number of aromatic nitrogens is 2. The first kappa shape index (κ1) is 39.9. The average molecular weight is 965 g/mol. The molecule has 6 nitrogen and oxygen atoms in total. The first-order chi connectivity index (χ1) is 32.6. The molecule has 8 aromatic carbocycles. The molecule has 0 spiro atoms. The Morgan fingerprint density at radius 1 is 0.455 bits per heavy atom. The standard InChI is InChI=1S/C59H41IN4O2/c1-37-31-32-42(38-17-5-2-6-18-38)35-49(37)44-25-12-11-19-39(44)24-15-30-52-60-57(41-22-9-4-10-23-41)64-58(61-52)43-33-34-45-46-27-16-28-48(55(46)66-51(45)36-43)59-62-53(40-20-7-3-8-21-40)56-54(63-59)47-26-13-14-29-50(47)65-56/h2-14,16-23,25-29,31-36H,15,24,30H2,1H3. The third kappa shape index (κ3) is 7.45. The number of fused-ring (bicyclic) bond motifs is 6. The summed E-state index contributed by atoms with van der Waals surface area (Å²) in [5, 5.41) is 2.95. The van der Waals surface area contributed by atoms with E-state index >= 15 is 0 Å². The quantitative estimate of drug-likeness (QED) is 0.128. The summed E-state index contributed by atoms with van der Waals surface area (Å²) in [6.45, 7) is 2.21. The molecule has 0 amide bonds. The lowest BCUT2D eigenvalue weighted by atomic mass is 9.91. The van der Waals surface area contributed by atoms with Gasteiger partial charge in [-0.3, -0.25) is 0 Å². The van der Waals surface area contributed by atoms with Crippen LogP contribution in [-0.4, -0.2) is 23.2 Å². The monoisotopic (exact) mass is 964 g/mol. The van der Waals surface area contributed by atoms with Crippen LogP contribution >= 0.6 is 20.7 Å². The van der Waals surface area contributed by atoms with Crippen molar-refractivity contribution >= 4 is 77.9 Å². The summed E-state index contributed by atoms with van der Waals surface area (Å²) in [6.07, 6.45) is 2.84. The molecular weight excluding hydrogens is 924 g/mol. The van der Waals surface area contributed by atoms with Crippen LogP contribution in [0, 0.1) is 6.92 Å². The van der Waals surface area contributed by atoms with Crippen LogP contribution in [0.5, 0.6) is 0 Å². The molecule has 3 aromatic heterocycles. The minimum Gasteiger partial charge on any atom is -0.455 e. The van der Waals surface area contributed by atoms with E-state index in [1.807, 2.05) is 48.5 Å². The topological polar surface area (TPSA) is 76.8 Å². The number of amidine groups is 1. The third-order valence-corrected chi connectivity index (χ3v) is 15.2. The van der Waals surface area contributed by atoms with Crippen molar-refractivity contribution in [2.45, 2.75) is 26.2 Å². The summed E-state index contributed by atoms with van der Waals surface area (Å²) in [6, 6.07) is 67.7. The number of aliphatic imine (C=N–C) groups is 2. The second kappa shape index (κ2) is 17.1. The van der Waals surface area contributed by atoms with E-state index in [1.54, 1.807) is 0 Å². The Kier molecular flexibility index (Phi) is 10.3. The zero-order valence-corrected chi connectivity index (χ0v) is 38.2. The Hall–Kier alpha value is -7.62. The van der Waals surface area contributed by atoms with Crippen molar-refractivity contribution in [2.24, 2.45) is 9.98 Å². The van der Waals surface area contributed by atoms with E-state index in [0.717, 1.165) is 95.2 Å². The molecule has 316 valence electrons. The van der Waals surface area contributed by atoms with Crippen LogP contribution in [0.2, 0.25) is 0 Å². The van der Waals surface area contributed by atoms with Crippen molar-refractivity contribution < 1.29 is 8.83 Å². The van der Waals surface area contributed by atoms with E-state index in [0.29, 0.717) is 11.4 Å². The predicted octanol–water partition coefficient (Wildman–Crippen LogP) is 15.6. The van der Waals surface area contributed by atoms with E-state index in [1.165, 1.54) is 37.0 Å². The molecule has 12 rings (SSSR count). The van der Waals surface area contributed by atoms with E-state index in [2.05, 4.69) is 153 Å². The molecule has 7 heteroatoms. The Balaban J connectivity index is 0.886. The second-order valence-corrected chi connectivity index (χ2v) is 19.4. The van der Waals surface area contributed by atoms with E-state index in [4.69, 9.17) is 28.8 Å². The minimum absolute atomic E-state index is 0.574. The van der Waals surface area contributed by atoms with Crippen LogP contribution in [0.4, 0.5) is 0 Å². The van der Waals surface area contributed by atoms with Crippen molar-refractivity contribution in [1.82, 2.24) is 9.97 Å². The van der Waals surface area contributed by atoms with Crippen molar-refractivity contribution in [3.8, 4) is 44.9 Å². The minimum atomic E-state index is -0.574. The van der Waals surface area contributed by atoms with Gasteiger partial charge < -0.3 is 8.83 Å². The summed E-state index contributed by atoms with van der Waals surface area (Å²) in [7, 11) is 0. The van der Waals surface area contributed by atoms with E-state index in [9.17, 15) is 0 Å². The van der Waals surface area contributed by atoms with Crippen molar-refractivity contribution in [3.63, 3.8) is 0 Å². The molecule has 11 aromatic rings. The van der Waals surface area contributed by atoms with Crippen molar-refractivity contribution in [2.75, 3.05) is 0 Å². The number of para-hydroxylation sites is 2. The van der Waals surface area contributed by atoms with Gasteiger partial charge in [-0.1, -0.05) is 158 Å². The highest BCUT2D eigenvalue weighted by atomic mass is 127. The molecule has 0 aliphatic carbocycles. The number of halogens is 1. The van der Waals surface area contributed by atoms with E-state index < -0.39 is 20.7 Å². The van der Waals surface area contributed by atoms with Gasteiger partial charge in [0.1, 0.15) is 31.7 Å². The largest absolute Gasteiger partial charge is 0.455 e. The maximum absolute atomic E-state index is 6.83. The SMILES string of the molecule is Cc1ccc(-c2ccccc2)cc1-c1ccccc1CCCC1=IC(c2ccccc2)=NC(c2ccc3c(c2)oc2c(-c4nc(-c5ccccc5)c5oc6ccccc6c5n4)cccc23)=N1. The summed E-state index contributed by atoms with van der Waals surface area (Å²) in [5.74, 6) is 1.30. The summed E-state index contributed by atoms with van der Waals surface area (Å²) in [4.78, 5) is 20.9. The fourth-order valence-corrected chi connectivity index (χ4v) is 11.7. The van der Waals surface area contributed by atoms with Gasteiger partial charge in [0.15, 0.2) is 17.2 Å². The molecule has 0 N–H and O–H groups in total. The Bertz CT molecular complexity index is 3740. The van der Waals surface area contributed by atoms with Crippen LogP contribution in [-0.2, 0) is 6.42 Å². The van der Waals surface area contributed by atoms with Gasteiger partial charge in [-0.25, -0.2) is 20.0 Å². The molecule has 0 saturated carbocycles. The number of nitrogens with zero attached hydrogens (tertiary/aromatic N) is 4. The van der Waals surface area contributed by atoms with Crippen molar-refractivity contribution in [3.05, 3.63) is 216 Å². The zero-order valence-electron chi connectivity index (χ0n) is 36.1. The van der Waals surface area contributed by atoms with Gasteiger partial charge in [0.25, 0.3) is 0 Å². The molecule has 1 aliphatic rings. The zero-order chi connectivity index (χ0) is 44.0. The van der Waals surface area contributed by atoms with Crippen LogP contribution in [0.15, 0.2) is 213 Å². The van der Waals surface area contributed by atoms with Crippen LogP contribution in [0.3, 0.4) is 0 Å². The van der Waals surface area contributed by atoms with Gasteiger partial charge >= 0.3 is 0 Å². The predicted molar refractivity (Wildman–Crippen MR) is 281 cm³/mol. The van der Waals surface area contributed by atoms with Crippen LogP contribution < -0.4 is 0 Å². The Morgan fingerprint density at radius 3 is 1.97 bits per heavy atom. The molecule has 0 fully saturated rings. The van der Waals surface area contributed by atoms with Gasteiger partial charge in [-0.05, 0) is 117 Å². The molecule has 0 radical (unpaired) electrons. The highest BCUT2D eigenvalue weighted by Crippen LogP contribution is 2.40. The number of furan rings is 2. The van der Waals surface area contributed by atoms with E-state index in [-0.39, 0.29) is 0 Å². The summed E-state index contributed by atoms with van der Waals surface area (Å²) in [5.41, 5.74) is 16.0. The fraction of sp³-hybridized carbons (Fsp3) is 0.0678. The lowest BCUT2D eigenvalue weighted by Crippen LogP contribution is -2.11. The number of hydrogen-bond acceptors (Lipinski definition) is 6. The molecule has 0 bridgehead atoms. The second-order valence-electron chi connectivity index (χ2n) is 16.6. The summed E-state index contributed by atoms with van der Waals surface area (Å²) >= 11 is -0.574. The highest BCUT2D eigenvalue weighted by Gasteiger charge is 2.22. The van der Waals surface area contributed by atoms with Gasteiger partial charge in [-0.15, -0.1) is 0 Å². The number of hydrogen-bond donors (Lipinski definition) is 0. The molecule has 0 saturated heterocycles. The Labute approximate surface area is 391 Å². The molecule has 66 heavy (non-hydrogen) atoms.